The quantitative estimate of drug-likeness (QED) is 0.199. The van der Waals surface area contributed by atoms with E-state index in [4.69, 9.17) is 4.98 Å². The average molecular weight is 573 g/mol. The zero-order valence-electron chi connectivity index (χ0n) is 25.8. The molecule has 1 saturated heterocycles. The van der Waals surface area contributed by atoms with Crippen molar-refractivity contribution in [2.45, 2.75) is 46.0 Å². The first-order valence-electron chi connectivity index (χ1n) is 15.1. The second-order valence-electron chi connectivity index (χ2n) is 11.8. The molecule has 4 heterocycles. The van der Waals surface area contributed by atoms with Crippen molar-refractivity contribution in [3.8, 4) is 33.5 Å². The summed E-state index contributed by atoms with van der Waals surface area (Å²) in [5.74, 6) is 0.369. The van der Waals surface area contributed by atoms with Crippen molar-refractivity contribution in [1.82, 2.24) is 24.6 Å². The van der Waals surface area contributed by atoms with Gasteiger partial charge in [0.15, 0.2) is 0 Å². The van der Waals surface area contributed by atoms with Gasteiger partial charge >= 0.3 is 0 Å². The highest BCUT2D eigenvalue weighted by atomic mass is 16.1. The van der Waals surface area contributed by atoms with E-state index < -0.39 is 0 Å². The van der Waals surface area contributed by atoms with Crippen LogP contribution in [0.1, 0.15) is 48.1 Å². The van der Waals surface area contributed by atoms with Crippen LogP contribution in [0, 0.1) is 13.8 Å². The minimum absolute atomic E-state index is 0.228. The summed E-state index contributed by atoms with van der Waals surface area (Å²) in [5.41, 5.74) is 12.8. The van der Waals surface area contributed by atoms with Crippen molar-refractivity contribution in [2.75, 3.05) is 25.5 Å². The van der Waals surface area contributed by atoms with Crippen LogP contribution >= 0.6 is 0 Å². The van der Waals surface area contributed by atoms with Gasteiger partial charge in [0.2, 0.25) is 5.91 Å². The number of fused-ring (bicyclic) bond motifs is 1. The predicted molar refractivity (Wildman–Crippen MR) is 176 cm³/mol. The van der Waals surface area contributed by atoms with Crippen LogP contribution in [0.25, 0.3) is 44.5 Å². The van der Waals surface area contributed by atoms with Crippen LogP contribution < -0.4 is 5.32 Å². The number of piperidine rings is 1. The minimum Gasteiger partial charge on any atom is -0.339 e. The van der Waals surface area contributed by atoms with E-state index in [-0.39, 0.29) is 5.91 Å². The summed E-state index contributed by atoms with van der Waals surface area (Å²) in [7, 11) is 4.17. The number of nitrogens with zero attached hydrogens (tertiary/aromatic N) is 4. The van der Waals surface area contributed by atoms with Crippen LogP contribution in [0.4, 0.5) is 5.69 Å². The fourth-order valence-corrected chi connectivity index (χ4v) is 6.45. The van der Waals surface area contributed by atoms with E-state index in [1.165, 1.54) is 30.0 Å². The Kier molecular flexibility index (Phi) is 7.75. The van der Waals surface area contributed by atoms with E-state index in [1.54, 1.807) is 0 Å². The molecule has 3 aromatic heterocycles. The average Bonchev–Trinajstić information content (AvgIpc) is 3.57. The number of aryl methyl sites for hydroxylation is 3. The lowest BCUT2D eigenvalue weighted by atomic mass is 9.88. The lowest BCUT2D eigenvalue weighted by molar-refractivity contribution is -0.111. The number of pyridine rings is 1. The second kappa shape index (κ2) is 11.7. The molecular weight excluding hydrogens is 532 g/mol. The molecule has 1 fully saturated rings. The molecule has 6 rings (SSSR count). The number of likely N-dealkylation sites (tertiary alicyclic amines) is 1. The number of amides is 1. The number of benzene rings is 2. The Morgan fingerprint density at radius 1 is 1.05 bits per heavy atom. The highest BCUT2D eigenvalue weighted by Crippen LogP contribution is 2.43. The summed E-state index contributed by atoms with van der Waals surface area (Å²) in [4.78, 5) is 23.4. The number of carbonyl (C=O) groups excluding carboxylic acids is 1. The van der Waals surface area contributed by atoms with Crippen molar-refractivity contribution in [2.24, 2.45) is 7.05 Å². The number of hydrogen-bond donors (Lipinski definition) is 2. The molecule has 0 saturated carbocycles. The number of aromatic amines is 1. The molecule has 1 aliphatic heterocycles. The Balaban J connectivity index is 1.56. The summed E-state index contributed by atoms with van der Waals surface area (Å²) >= 11 is 0. The fraction of sp³-hybridized carbons (Fsp3) is 0.306. The summed E-state index contributed by atoms with van der Waals surface area (Å²) in [5, 5.41) is 8.61. The molecule has 2 aromatic carbocycles. The Labute approximate surface area is 253 Å². The van der Waals surface area contributed by atoms with Crippen LogP contribution in [0.3, 0.4) is 0 Å². The molecule has 1 amide bonds. The highest BCUT2D eigenvalue weighted by molar-refractivity contribution is 6.07. The molecule has 0 aliphatic carbocycles. The summed E-state index contributed by atoms with van der Waals surface area (Å²) in [6, 6.07) is 15.3. The topological polar surface area (TPSA) is 78.8 Å². The highest BCUT2D eigenvalue weighted by Gasteiger charge is 2.24. The number of carbonyl (C=O) groups is 1. The monoisotopic (exact) mass is 572 g/mol. The van der Waals surface area contributed by atoms with E-state index in [9.17, 15) is 4.79 Å². The van der Waals surface area contributed by atoms with Crippen molar-refractivity contribution in [3.63, 3.8) is 0 Å². The summed E-state index contributed by atoms with van der Waals surface area (Å²) in [6.45, 7) is 12.2. The van der Waals surface area contributed by atoms with E-state index >= 15 is 0 Å². The summed E-state index contributed by atoms with van der Waals surface area (Å²) < 4.78 is 1.91. The lowest BCUT2D eigenvalue weighted by Gasteiger charge is -2.29. The Hall–Kier alpha value is -4.49. The molecule has 0 radical (unpaired) electrons. The molecule has 2 N–H and O–H groups in total. The molecular formula is C36H40N6O. The smallest absolute Gasteiger partial charge is 0.247 e. The van der Waals surface area contributed by atoms with Crippen LogP contribution in [-0.2, 0) is 18.3 Å². The van der Waals surface area contributed by atoms with Gasteiger partial charge in [0.1, 0.15) is 5.65 Å². The molecule has 0 unspecified atom stereocenters. The van der Waals surface area contributed by atoms with Gasteiger partial charge in [-0.3, -0.25) is 9.48 Å². The molecule has 5 aromatic rings. The zero-order chi connectivity index (χ0) is 30.2. The standard InChI is InChI=1S/C36H40N6O/c1-7-28-30(29-21-38-42(6)23(29)4)20-37-36-34(28)33(27-10-9-22(3)31(19-27)39-32(43)8-2)35(40-36)26-13-11-24(12-14-26)25-15-17-41(5)18-16-25/h8-14,19-21,25H,2,7,15-18H2,1,3-6H3,(H,37,40)(H,39,43). The third kappa shape index (κ3) is 5.30. The van der Waals surface area contributed by atoms with Crippen molar-refractivity contribution >= 4 is 22.6 Å². The van der Waals surface area contributed by atoms with Gasteiger partial charge in [-0.15, -0.1) is 0 Å². The van der Waals surface area contributed by atoms with Gasteiger partial charge in [-0.2, -0.15) is 5.10 Å². The van der Waals surface area contributed by atoms with Crippen molar-refractivity contribution < 1.29 is 4.79 Å². The van der Waals surface area contributed by atoms with Crippen LogP contribution in [0.5, 0.6) is 0 Å². The number of rotatable bonds is 7. The molecule has 7 nitrogen and oxygen atoms in total. The normalized spacial score (nSPS) is 14.3. The number of hydrogen-bond acceptors (Lipinski definition) is 4. The summed E-state index contributed by atoms with van der Waals surface area (Å²) in [6.07, 6.45) is 8.42. The van der Waals surface area contributed by atoms with Crippen molar-refractivity contribution in [3.05, 3.63) is 89.9 Å². The molecule has 0 atom stereocenters. The first-order chi connectivity index (χ1) is 20.8. The Morgan fingerprint density at radius 3 is 2.42 bits per heavy atom. The van der Waals surface area contributed by atoms with E-state index in [0.717, 1.165) is 81.0 Å². The molecule has 7 heteroatoms. The SMILES string of the molecule is C=CC(=O)Nc1cc(-c2c(-c3ccc(C4CCN(C)CC4)cc3)[nH]c3ncc(-c4cnn(C)c4C)c(CC)c23)ccc1C. The van der Waals surface area contributed by atoms with Gasteiger partial charge in [0, 0.05) is 46.7 Å². The fourth-order valence-electron chi connectivity index (χ4n) is 6.45. The van der Waals surface area contributed by atoms with Crippen molar-refractivity contribution in [1.29, 1.82) is 0 Å². The van der Waals surface area contributed by atoms with Gasteiger partial charge in [-0.25, -0.2) is 4.98 Å². The molecule has 1 aliphatic rings. The van der Waals surface area contributed by atoms with E-state index in [1.807, 2.05) is 31.0 Å². The maximum Gasteiger partial charge on any atom is 0.247 e. The number of anilines is 1. The number of aromatic nitrogens is 4. The van der Waals surface area contributed by atoms with Gasteiger partial charge in [-0.1, -0.05) is 49.9 Å². The third-order valence-electron chi connectivity index (χ3n) is 9.17. The maximum absolute atomic E-state index is 12.3. The molecule has 0 spiro atoms. The van der Waals surface area contributed by atoms with Crippen LogP contribution in [-0.4, -0.2) is 50.7 Å². The Bertz CT molecular complexity index is 1820. The predicted octanol–water partition coefficient (Wildman–Crippen LogP) is 7.41. The lowest BCUT2D eigenvalue weighted by Crippen LogP contribution is -2.29. The van der Waals surface area contributed by atoms with E-state index in [0.29, 0.717) is 5.92 Å². The molecule has 220 valence electrons. The van der Waals surface area contributed by atoms with Gasteiger partial charge in [0.05, 0.1) is 11.9 Å². The Morgan fingerprint density at radius 2 is 1.77 bits per heavy atom. The van der Waals surface area contributed by atoms with Gasteiger partial charge in [0.25, 0.3) is 0 Å². The first-order valence-corrected chi connectivity index (χ1v) is 15.1. The maximum atomic E-state index is 12.3. The van der Waals surface area contributed by atoms with Gasteiger partial charge in [-0.05, 0) is 99.1 Å². The molecule has 0 bridgehead atoms. The largest absolute Gasteiger partial charge is 0.339 e. The first kappa shape index (κ1) is 28.6. The molecule has 43 heavy (non-hydrogen) atoms. The number of H-pyrrole nitrogens is 1. The van der Waals surface area contributed by atoms with Crippen LogP contribution in [0.2, 0.25) is 0 Å². The zero-order valence-corrected chi connectivity index (χ0v) is 25.8. The number of nitrogens with one attached hydrogen (secondary N) is 2. The van der Waals surface area contributed by atoms with E-state index in [2.05, 4.69) is 90.2 Å². The van der Waals surface area contributed by atoms with Crippen LogP contribution in [0.15, 0.2) is 67.5 Å². The second-order valence-corrected chi connectivity index (χ2v) is 11.8. The third-order valence-corrected chi connectivity index (χ3v) is 9.17. The minimum atomic E-state index is -0.228. The van der Waals surface area contributed by atoms with Gasteiger partial charge < -0.3 is 15.2 Å².